The smallest absolute Gasteiger partial charge is 0.338 e. The van der Waals surface area contributed by atoms with Gasteiger partial charge in [-0.3, -0.25) is 9.36 Å². The van der Waals surface area contributed by atoms with Crippen LogP contribution in [0.1, 0.15) is 43.5 Å². The van der Waals surface area contributed by atoms with Crippen molar-refractivity contribution in [2.45, 2.75) is 44.4 Å². The summed E-state index contributed by atoms with van der Waals surface area (Å²) in [5, 5.41) is 1.74. The molecule has 1 atom stereocenters. The molecular weight excluding hydrogens is 598 g/mol. The molecule has 0 saturated carbocycles. The summed E-state index contributed by atoms with van der Waals surface area (Å²) in [6.07, 6.45) is 5.69. The van der Waals surface area contributed by atoms with Crippen LogP contribution >= 0.6 is 34.7 Å². The molecule has 3 aromatic carbocycles. The molecule has 43 heavy (non-hydrogen) atoms. The molecule has 1 aliphatic heterocycles. The Morgan fingerprint density at radius 2 is 1.81 bits per heavy atom. The number of benzene rings is 3. The molecule has 0 N–H and O–H groups in total. The van der Waals surface area contributed by atoms with Crippen molar-refractivity contribution in [3.8, 4) is 0 Å². The fourth-order valence-corrected chi connectivity index (χ4v) is 7.08. The lowest BCUT2D eigenvalue weighted by molar-refractivity contribution is -0.143. The first-order chi connectivity index (χ1) is 20.7. The molecule has 0 unspecified atom stereocenters. The van der Waals surface area contributed by atoms with Crippen LogP contribution in [0.4, 0.5) is 0 Å². The molecule has 0 spiro atoms. The highest BCUT2D eigenvalue weighted by molar-refractivity contribution is 7.98. The standard InChI is InChI=1S/C34H30ClN3O3S2/c1-20(2)41-33(40)30-21(3)36-34-38(31(30)22-13-15-25(42-4)16-14-22)32(39)29(43-34)17-24-19-37(28-12-8-6-10-26(24)28)18-23-9-5-7-11-27(23)35/h5-17,19-20,31H,18H2,1-4H3/b29-17-/t31-/m1/s1. The highest BCUT2D eigenvalue weighted by Gasteiger charge is 2.33. The number of thioether (sulfide) groups is 1. The number of halogens is 1. The second-order valence-corrected chi connectivity index (χ2v) is 12.9. The van der Waals surface area contributed by atoms with Crippen LogP contribution in [0.5, 0.6) is 0 Å². The molecule has 0 bridgehead atoms. The van der Waals surface area contributed by atoms with Crippen molar-refractivity contribution in [3.63, 3.8) is 0 Å². The number of fused-ring (bicyclic) bond motifs is 2. The lowest BCUT2D eigenvalue weighted by Gasteiger charge is -2.25. The monoisotopic (exact) mass is 627 g/mol. The Morgan fingerprint density at radius 1 is 1.09 bits per heavy atom. The number of hydrogen-bond acceptors (Lipinski definition) is 6. The number of nitrogens with zero attached hydrogens (tertiary/aromatic N) is 3. The van der Waals surface area contributed by atoms with Crippen LogP contribution in [0.25, 0.3) is 17.0 Å². The molecule has 0 radical (unpaired) electrons. The Kier molecular flexibility index (Phi) is 8.18. The third-order valence-corrected chi connectivity index (χ3v) is 9.52. The summed E-state index contributed by atoms with van der Waals surface area (Å²) in [6, 6.07) is 23.2. The topological polar surface area (TPSA) is 65.6 Å². The van der Waals surface area contributed by atoms with Crippen LogP contribution < -0.4 is 14.9 Å². The lowest BCUT2D eigenvalue weighted by Crippen LogP contribution is -2.40. The molecule has 0 aliphatic carbocycles. The van der Waals surface area contributed by atoms with Gasteiger partial charge < -0.3 is 9.30 Å². The summed E-state index contributed by atoms with van der Waals surface area (Å²) in [5.74, 6) is -0.466. The number of thiazole rings is 1. The zero-order valence-electron chi connectivity index (χ0n) is 24.2. The predicted octanol–water partition coefficient (Wildman–Crippen LogP) is 6.57. The maximum Gasteiger partial charge on any atom is 0.338 e. The van der Waals surface area contributed by atoms with Crippen LogP contribution in [0.15, 0.2) is 105 Å². The zero-order chi connectivity index (χ0) is 30.2. The van der Waals surface area contributed by atoms with Gasteiger partial charge in [0.05, 0.1) is 27.9 Å². The maximum absolute atomic E-state index is 14.2. The van der Waals surface area contributed by atoms with Gasteiger partial charge in [-0.05, 0) is 68.5 Å². The fraction of sp³-hybridized carbons (Fsp3) is 0.206. The minimum Gasteiger partial charge on any atom is -0.459 e. The van der Waals surface area contributed by atoms with E-state index in [9.17, 15) is 9.59 Å². The zero-order valence-corrected chi connectivity index (χ0v) is 26.6. The Labute approximate surface area is 262 Å². The van der Waals surface area contributed by atoms with Crippen LogP contribution in [-0.2, 0) is 16.1 Å². The van der Waals surface area contributed by atoms with E-state index in [1.54, 1.807) is 23.3 Å². The number of ether oxygens (including phenoxy) is 1. The van der Waals surface area contributed by atoms with Crippen LogP contribution in [-0.4, -0.2) is 27.5 Å². The third kappa shape index (κ3) is 5.62. The summed E-state index contributed by atoms with van der Waals surface area (Å²) >= 11 is 9.44. The van der Waals surface area contributed by atoms with Gasteiger partial charge in [0.25, 0.3) is 5.56 Å². The second kappa shape index (κ2) is 12.0. The average Bonchev–Trinajstić information content (AvgIpc) is 3.49. The van der Waals surface area contributed by atoms with Crippen molar-refractivity contribution in [2.75, 3.05) is 6.26 Å². The summed E-state index contributed by atoms with van der Waals surface area (Å²) in [6.45, 7) is 6.03. The molecule has 2 aromatic heterocycles. The highest BCUT2D eigenvalue weighted by Crippen LogP contribution is 2.32. The molecule has 6 nitrogen and oxygen atoms in total. The quantitative estimate of drug-likeness (QED) is 0.151. The average molecular weight is 628 g/mol. The lowest BCUT2D eigenvalue weighted by atomic mass is 9.96. The number of allylic oxidation sites excluding steroid dienone is 1. The Morgan fingerprint density at radius 3 is 2.53 bits per heavy atom. The molecule has 218 valence electrons. The molecule has 1 aliphatic rings. The van der Waals surface area contributed by atoms with Crippen LogP contribution in [0.3, 0.4) is 0 Å². The van der Waals surface area contributed by atoms with Gasteiger partial charge in [-0.15, -0.1) is 11.8 Å². The minimum atomic E-state index is -0.651. The number of carbonyl (C=O) groups is 1. The number of para-hydroxylation sites is 1. The van der Waals surface area contributed by atoms with E-state index in [1.807, 2.05) is 86.8 Å². The number of hydrogen-bond donors (Lipinski definition) is 0. The predicted molar refractivity (Wildman–Crippen MR) is 176 cm³/mol. The van der Waals surface area contributed by atoms with E-state index >= 15 is 0 Å². The summed E-state index contributed by atoms with van der Waals surface area (Å²) < 4.78 is 9.96. The SMILES string of the molecule is CSc1ccc([C@@H]2C(C(=O)OC(C)C)=C(C)N=c3s/c(=C\c4cn(Cc5ccccc5Cl)c5ccccc45)c(=O)n32)cc1. The van der Waals surface area contributed by atoms with Gasteiger partial charge in [0.15, 0.2) is 4.80 Å². The molecule has 9 heteroatoms. The molecule has 0 fully saturated rings. The van der Waals surface area contributed by atoms with Gasteiger partial charge in [-0.25, -0.2) is 9.79 Å². The molecule has 6 rings (SSSR count). The summed E-state index contributed by atoms with van der Waals surface area (Å²) in [5.41, 5.74) is 4.53. The van der Waals surface area contributed by atoms with Gasteiger partial charge in [0, 0.05) is 39.1 Å². The maximum atomic E-state index is 14.2. The molecule has 0 amide bonds. The van der Waals surface area contributed by atoms with E-state index < -0.39 is 12.0 Å². The molecule has 0 saturated heterocycles. The van der Waals surface area contributed by atoms with Crippen molar-refractivity contribution in [2.24, 2.45) is 4.99 Å². The first-order valence-electron chi connectivity index (χ1n) is 13.9. The van der Waals surface area contributed by atoms with Gasteiger partial charge in [0.1, 0.15) is 0 Å². The number of aromatic nitrogens is 2. The third-order valence-electron chi connectivity index (χ3n) is 7.42. The van der Waals surface area contributed by atoms with Crippen molar-refractivity contribution < 1.29 is 9.53 Å². The van der Waals surface area contributed by atoms with Gasteiger partial charge in [-0.1, -0.05) is 71.5 Å². The molecule has 3 heterocycles. The van der Waals surface area contributed by atoms with Crippen molar-refractivity contribution >= 4 is 57.6 Å². The summed E-state index contributed by atoms with van der Waals surface area (Å²) in [4.78, 5) is 34.0. The van der Waals surface area contributed by atoms with Crippen molar-refractivity contribution in [1.29, 1.82) is 0 Å². The number of carbonyl (C=O) groups excluding carboxylic acids is 1. The Balaban J connectivity index is 1.51. The van der Waals surface area contributed by atoms with E-state index in [-0.39, 0.29) is 11.7 Å². The first kappa shape index (κ1) is 29.2. The van der Waals surface area contributed by atoms with E-state index in [1.165, 1.54) is 11.3 Å². The molecule has 5 aromatic rings. The fourth-order valence-electron chi connectivity index (χ4n) is 5.43. The van der Waals surface area contributed by atoms with Crippen LogP contribution in [0.2, 0.25) is 5.02 Å². The first-order valence-corrected chi connectivity index (χ1v) is 16.4. The van der Waals surface area contributed by atoms with E-state index in [4.69, 9.17) is 21.3 Å². The second-order valence-electron chi connectivity index (χ2n) is 10.6. The Bertz CT molecular complexity index is 2070. The normalized spacial score (nSPS) is 15.2. The van der Waals surface area contributed by atoms with E-state index in [0.29, 0.717) is 32.2 Å². The number of esters is 1. The van der Waals surface area contributed by atoms with Gasteiger partial charge in [0.2, 0.25) is 0 Å². The highest BCUT2D eigenvalue weighted by atomic mass is 35.5. The van der Waals surface area contributed by atoms with Crippen molar-refractivity contribution in [3.05, 3.63) is 132 Å². The van der Waals surface area contributed by atoms with E-state index in [2.05, 4.69) is 22.9 Å². The molecular formula is C34H30ClN3O3S2. The van der Waals surface area contributed by atoms with Gasteiger partial charge >= 0.3 is 5.97 Å². The largest absolute Gasteiger partial charge is 0.459 e. The summed E-state index contributed by atoms with van der Waals surface area (Å²) in [7, 11) is 0. The van der Waals surface area contributed by atoms with Crippen LogP contribution in [0, 0.1) is 0 Å². The van der Waals surface area contributed by atoms with E-state index in [0.717, 1.165) is 32.5 Å². The Hall–Kier alpha value is -3.85. The van der Waals surface area contributed by atoms with Crippen molar-refractivity contribution in [1.82, 2.24) is 9.13 Å². The number of rotatable bonds is 7. The van der Waals surface area contributed by atoms with Gasteiger partial charge in [-0.2, -0.15) is 0 Å². The minimum absolute atomic E-state index is 0.201.